The molecule has 0 N–H and O–H groups in total. The van der Waals surface area contributed by atoms with Crippen LogP contribution < -0.4 is 18.9 Å². The minimum Gasteiger partial charge on any atom is -0.493 e. The van der Waals surface area contributed by atoms with Gasteiger partial charge in [0.1, 0.15) is 10.7 Å². The molecule has 0 saturated carbocycles. The molecule has 0 aliphatic rings. The lowest BCUT2D eigenvalue weighted by molar-refractivity contribution is 0.0791. The van der Waals surface area contributed by atoms with Gasteiger partial charge in [-0.15, -0.1) is 11.3 Å². The summed E-state index contributed by atoms with van der Waals surface area (Å²) in [7, 11) is 8.30. The number of benzene rings is 3. The number of carbonyl (C=O) groups is 1. The van der Waals surface area contributed by atoms with Crippen LogP contribution in [0.1, 0.15) is 32.2 Å². The second-order valence-electron chi connectivity index (χ2n) is 10.1. The largest absolute Gasteiger partial charge is 0.493 e. The Labute approximate surface area is 262 Å². The fourth-order valence-electron chi connectivity index (χ4n) is 4.73. The van der Waals surface area contributed by atoms with E-state index >= 15 is 0 Å². The lowest BCUT2D eigenvalue weighted by Gasteiger charge is -2.22. The van der Waals surface area contributed by atoms with Gasteiger partial charge in [0.25, 0.3) is 5.91 Å². The van der Waals surface area contributed by atoms with Crippen LogP contribution in [-0.4, -0.2) is 69.3 Å². The number of hydrogen-bond donors (Lipinski definition) is 0. The molecule has 1 aromatic heterocycles. The van der Waals surface area contributed by atoms with E-state index in [4.69, 9.17) is 35.5 Å². The topological polar surface area (TPSA) is 73.4 Å². The molecule has 8 nitrogen and oxygen atoms in total. The van der Waals surface area contributed by atoms with Gasteiger partial charge >= 0.3 is 0 Å². The maximum atomic E-state index is 13.2. The fraction of sp³-hybridized carbons (Fsp3) is 0.333. The molecule has 0 atom stereocenters. The van der Waals surface area contributed by atoms with Gasteiger partial charge in [0.2, 0.25) is 0 Å². The quantitative estimate of drug-likeness (QED) is 0.152. The summed E-state index contributed by atoms with van der Waals surface area (Å²) in [5.74, 6) is 2.66. The van der Waals surface area contributed by atoms with Crippen LogP contribution in [0.3, 0.4) is 0 Å². The number of rotatable bonds is 15. The number of ether oxygens (including phenoxy) is 4. The summed E-state index contributed by atoms with van der Waals surface area (Å²) in [6.07, 6.45) is 1.49. The van der Waals surface area contributed by atoms with E-state index in [0.717, 1.165) is 34.7 Å². The molecule has 3 aromatic carbocycles. The van der Waals surface area contributed by atoms with E-state index in [0.29, 0.717) is 59.8 Å². The number of likely N-dealkylation sites (N-methyl/N-ethyl adjacent to an activating group) is 1. The smallest absolute Gasteiger partial charge is 0.273 e. The minimum absolute atomic E-state index is 0.102. The summed E-state index contributed by atoms with van der Waals surface area (Å²) in [6.45, 7) is 2.62. The second kappa shape index (κ2) is 15.6. The van der Waals surface area contributed by atoms with Gasteiger partial charge in [-0.25, -0.2) is 4.98 Å². The Hall–Kier alpha value is -3.79. The third-order valence-electron chi connectivity index (χ3n) is 7.12. The first-order chi connectivity index (χ1) is 20.8. The van der Waals surface area contributed by atoms with Crippen LogP contribution in [0.15, 0.2) is 66.0 Å². The molecule has 0 aliphatic carbocycles. The Morgan fingerprint density at radius 2 is 1.37 bits per heavy atom. The summed E-state index contributed by atoms with van der Waals surface area (Å²) in [5, 5.41) is 3.43. The van der Waals surface area contributed by atoms with Crippen molar-refractivity contribution in [3.05, 3.63) is 98.5 Å². The van der Waals surface area contributed by atoms with E-state index in [9.17, 15) is 4.79 Å². The minimum atomic E-state index is -0.102. The van der Waals surface area contributed by atoms with Crippen molar-refractivity contribution in [3.63, 3.8) is 0 Å². The summed E-state index contributed by atoms with van der Waals surface area (Å²) >= 11 is 7.78. The number of amides is 1. The normalized spacial score (nSPS) is 11.0. The summed E-state index contributed by atoms with van der Waals surface area (Å²) in [6, 6.07) is 19.7. The Morgan fingerprint density at radius 1 is 0.767 bits per heavy atom. The molecule has 4 rings (SSSR count). The van der Waals surface area contributed by atoms with Crippen molar-refractivity contribution in [3.8, 4) is 23.0 Å². The molecule has 0 aliphatic heterocycles. The van der Waals surface area contributed by atoms with Crippen LogP contribution in [0.4, 0.5) is 0 Å². The van der Waals surface area contributed by atoms with Crippen molar-refractivity contribution in [1.29, 1.82) is 0 Å². The van der Waals surface area contributed by atoms with E-state index < -0.39 is 0 Å². The second-order valence-corrected chi connectivity index (χ2v) is 11.5. The maximum absolute atomic E-state index is 13.2. The first kappa shape index (κ1) is 32.1. The number of aromatic nitrogens is 1. The highest BCUT2D eigenvalue weighted by Crippen LogP contribution is 2.29. The predicted molar refractivity (Wildman–Crippen MR) is 171 cm³/mol. The van der Waals surface area contributed by atoms with Gasteiger partial charge in [0, 0.05) is 37.1 Å². The third kappa shape index (κ3) is 8.86. The molecule has 0 spiro atoms. The van der Waals surface area contributed by atoms with Crippen LogP contribution in [0, 0.1) is 0 Å². The van der Waals surface area contributed by atoms with Crippen LogP contribution in [-0.2, 0) is 25.9 Å². The van der Waals surface area contributed by atoms with Crippen molar-refractivity contribution >= 4 is 28.8 Å². The molecule has 1 heterocycles. The molecule has 0 fully saturated rings. The van der Waals surface area contributed by atoms with Crippen molar-refractivity contribution in [1.82, 2.24) is 14.8 Å². The molecule has 0 saturated heterocycles. The number of hydrogen-bond acceptors (Lipinski definition) is 8. The average molecular weight is 624 g/mol. The van der Waals surface area contributed by atoms with Crippen LogP contribution >= 0.6 is 22.9 Å². The van der Waals surface area contributed by atoms with Crippen molar-refractivity contribution in [2.45, 2.75) is 25.9 Å². The summed E-state index contributed by atoms with van der Waals surface area (Å²) in [4.78, 5) is 22.0. The number of methoxy groups -OCH3 is 4. The fourth-order valence-corrected chi connectivity index (χ4v) is 5.76. The molecule has 4 aromatic rings. The van der Waals surface area contributed by atoms with Gasteiger partial charge in [-0.2, -0.15) is 0 Å². The van der Waals surface area contributed by atoms with E-state index in [-0.39, 0.29) is 5.91 Å². The number of halogens is 1. The van der Waals surface area contributed by atoms with E-state index in [1.807, 2.05) is 53.9 Å². The lowest BCUT2D eigenvalue weighted by atomic mass is 10.1. The van der Waals surface area contributed by atoms with Crippen molar-refractivity contribution in [2.24, 2.45) is 0 Å². The average Bonchev–Trinajstić information content (AvgIpc) is 3.50. The SMILES string of the molecule is COc1ccc(CCN(Cc2cccc(Cl)c2)Cc2nc(C(=O)N(C)CCc3ccc(OC)c(OC)c3)cs2)cc1OC. The molecule has 0 bridgehead atoms. The van der Waals surface area contributed by atoms with Gasteiger partial charge in [-0.05, 0) is 65.9 Å². The monoisotopic (exact) mass is 623 g/mol. The Kier molecular flexibility index (Phi) is 11.7. The van der Waals surface area contributed by atoms with Crippen LogP contribution in [0.25, 0.3) is 0 Å². The first-order valence-corrected chi connectivity index (χ1v) is 15.2. The highest BCUT2D eigenvalue weighted by molar-refractivity contribution is 7.09. The molecular weight excluding hydrogens is 586 g/mol. The van der Waals surface area contributed by atoms with Crippen molar-refractivity contribution in [2.75, 3.05) is 48.6 Å². The van der Waals surface area contributed by atoms with E-state index in [1.165, 1.54) is 11.3 Å². The van der Waals surface area contributed by atoms with Gasteiger partial charge in [-0.1, -0.05) is 35.9 Å². The van der Waals surface area contributed by atoms with Crippen molar-refractivity contribution < 1.29 is 23.7 Å². The Balaban J connectivity index is 1.41. The molecule has 1 amide bonds. The third-order valence-corrected chi connectivity index (χ3v) is 8.19. The predicted octanol–water partition coefficient (Wildman–Crippen LogP) is 6.39. The molecule has 10 heteroatoms. The molecule has 0 unspecified atom stereocenters. The molecule has 228 valence electrons. The summed E-state index contributed by atoms with van der Waals surface area (Å²) in [5.41, 5.74) is 3.77. The first-order valence-electron chi connectivity index (χ1n) is 13.9. The number of thiazole rings is 1. The lowest BCUT2D eigenvalue weighted by Crippen LogP contribution is -2.29. The van der Waals surface area contributed by atoms with E-state index in [2.05, 4.69) is 17.0 Å². The molecule has 43 heavy (non-hydrogen) atoms. The van der Waals surface area contributed by atoms with E-state index in [1.54, 1.807) is 40.4 Å². The highest BCUT2D eigenvalue weighted by atomic mass is 35.5. The van der Waals surface area contributed by atoms with Gasteiger partial charge in [-0.3, -0.25) is 9.69 Å². The van der Waals surface area contributed by atoms with Gasteiger partial charge in [0.15, 0.2) is 23.0 Å². The zero-order chi connectivity index (χ0) is 30.8. The highest BCUT2D eigenvalue weighted by Gasteiger charge is 2.18. The zero-order valence-corrected chi connectivity index (χ0v) is 26.8. The molecular formula is C33H38ClN3O5S. The number of carbonyl (C=O) groups excluding carboxylic acids is 1. The summed E-state index contributed by atoms with van der Waals surface area (Å²) < 4.78 is 21.6. The number of nitrogens with zero attached hydrogens (tertiary/aromatic N) is 3. The standard InChI is InChI=1S/C33H38ClN3O5S/c1-36(15-13-23-9-11-28(39-2)30(18-23)41-4)33(38)27-22-43-32(35-27)21-37(20-25-7-6-8-26(34)17-25)16-14-24-10-12-29(40-3)31(19-24)42-5/h6-12,17-19,22H,13-16,20-21H2,1-5H3. The maximum Gasteiger partial charge on any atom is 0.273 e. The van der Waals surface area contributed by atoms with Crippen LogP contribution in [0.5, 0.6) is 23.0 Å². The van der Waals surface area contributed by atoms with Gasteiger partial charge < -0.3 is 23.8 Å². The zero-order valence-electron chi connectivity index (χ0n) is 25.3. The Bertz CT molecular complexity index is 1510. The van der Waals surface area contributed by atoms with Crippen LogP contribution in [0.2, 0.25) is 5.02 Å². The Morgan fingerprint density at radius 3 is 1.95 bits per heavy atom. The molecule has 0 radical (unpaired) electrons. The van der Waals surface area contributed by atoms with Gasteiger partial charge in [0.05, 0.1) is 35.0 Å².